The third-order valence-corrected chi connectivity index (χ3v) is 4.23. The lowest BCUT2D eigenvalue weighted by molar-refractivity contribution is -0.128. The molecular weight excluding hydrogens is 324 g/mol. The molecule has 2 aromatic rings. The number of hydrogen-bond acceptors (Lipinski definition) is 2. The Kier molecular flexibility index (Phi) is 6.96. The number of hydrogen-bond donors (Lipinski definition) is 2. The van der Waals surface area contributed by atoms with Crippen LogP contribution in [0.3, 0.4) is 0 Å². The molecule has 0 fully saturated rings. The van der Waals surface area contributed by atoms with Crippen LogP contribution in [-0.4, -0.2) is 24.9 Å². The molecule has 2 N–H and O–H groups in total. The lowest BCUT2D eigenvalue weighted by atomic mass is 9.91. The summed E-state index contributed by atoms with van der Waals surface area (Å²) in [5, 5.41) is 5.81. The number of carbonyl (C=O) groups is 2. The first-order valence-corrected chi connectivity index (χ1v) is 9.03. The number of amides is 2. The summed E-state index contributed by atoms with van der Waals surface area (Å²) < 4.78 is 0. The van der Waals surface area contributed by atoms with Crippen molar-refractivity contribution < 1.29 is 9.59 Å². The third-order valence-electron chi connectivity index (χ3n) is 4.23. The molecule has 26 heavy (non-hydrogen) atoms. The topological polar surface area (TPSA) is 58.2 Å². The maximum Gasteiger partial charge on any atom is 0.225 e. The lowest BCUT2D eigenvalue weighted by Crippen LogP contribution is -2.37. The highest BCUT2D eigenvalue weighted by Crippen LogP contribution is 2.23. The van der Waals surface area contributed by atoms with Crippen LogP contribution in [0.25, 0.3) is 0 Å². The molecule has 0 aliphatic carbocycles. The fraction of sp³-hybridized carbons (Fsp3) is 0.364. The van der Waals surface area contributed by atoms with Gasteiger partial charge in [0.2, 0.25) is 11.8 Å². The highest BCUT2D eigenvalue weighted by atomic mass is 16.2. The van der Waals surface area contributed by atoms with Crippen LogP contribution in [0, 0.1) is 5.41 Å². The minimum Gasteiger partial charge on any atom is -0.355 e. The molecule has 0 heterocycles. The van der Waals surface area contributed by atoms with E-state index in [9.17, 15) is 9.59 Å². The Hall–Kier alpha value is -2.62. The zero-order chi connectivity index (χ0) is 19.0. The Bertz CT molecular complexity index is 666. The molecule has 0 saturated carbocycles. The van der Waals surface area contributed by atoms with Gasteiger partial charge in [-0.2, -0.15) is 0 Å². The second kappa shape index (κ2) is 9.18. The zero-order valence-corrected chi connectivity index (χ0v) is 15.8. The molecule has 0 bridgehead atoms. The van der Waals surface area contributed by atoms with Gasteiger partial charge in [0.25, 0.3) is 0 Å². The van der Waals surface area contributed by atoms with Crippen molar-refractivity contribution in [2.75, 3.05) is 13.1 Å². The summed E-state index contributed by atoms with van der Waals surface area (Å²) in [6.45, 7) is 6.44. The van der Waals surface area contributed by atoms with Gasteiger partial charge in [-0.25, -0.2) is 0 Å². The first-order chi connectivity index (χ1) is 12.4. The van der Waals surface area contributed by atoms with Crippen LogP contribution in [0.1, 0.15) is 44.2 Å². The quantitative estimate of drug-likeness (QED) is 0.801. The summed E-state index contributed by atoms with van der Waals surface area (Å²) in [6, 6.07) is 20.3. The van der Waals surface area contributed by atoms with Crippen molar-refractivity contribution in [3.8, 4) is 0 Å². The zero-order valence-electron chi connectivity index (χ0n) is 15.8. The molecular formula is C22H28N2O2. The Labute approximate surface area is 156 Å². The monoisotopic (exact) mass is 352 g/mol. The maximum absolute atomic E-state index is 12.2. The molecule has 138 valence electrons. The number of benzene rings is 2. The fourth-order valence-corrected chi connectivity index (χ4v) is 2.66. The summed E-state index contributed by atoms with van der Waals surface area (Å²) in [6.07, 6.45) is 0.276. The molecule has 0 atom stereocenters. The average Bonchev–Trinajstić information content (AvgIpc) is 2.63. The summed E-state index contributed by atoms with van der Waals surface area (Å²) in [5.74, 6) is -0.00154. The van der Waals surface area contributed by atoms with Crippen LogP contribution >= 0.6 is 0 Å². The molecule has 0 unspecified atom stereocenters. The predicted molar refractivity (Wildman–Crippen MR) is 105 cm³/mol. The predicted octanol–water partition coefficient (Wildman–Crippen LogP) is 3.49. The first-order valence-electron chi connectivity index (χ1n) is 9.03. The summed E-state index contributed by atoms with van der Waals surface area (Å²) in [7, 11) is 0. The molecule has 4 nitrogen and oxygen atoms in total. The van der Waals surface area contributed by atoms with E-state index in [0.29, 0.717) is 13.1 Å². The second-order valence-corrected chi connectivity index (χ2v) is 7.43. The van der Waals surface area contributed by atoms with E-state index in [1.54, 1.807) is 0 Å². The Balaban J connectivity index is 1.91. The largest absolute Gasteiger partial charge is 0.355 e. The highest BCUT2D eigenvalue weighted by Gasteiger charge is 2.21. The van der Waals surface area contributed by atoms with Crippen molar-refractivity contribution in [1.82, 2.24) is 10.6 Å². The van der Waals surface area contributed by atoms with E-state index in [2.05, 4.69) is 34.9 Å². The van der Waals surface area contributed by atoms with Crippen LogP contribution in [-0.2, 0) is 9.59 Å². The number of nitrogens with one attached hydrogen (secondary N) is 2. The van der Waals surface area contributed by atoms with E-state index in [1.165, 1.54) is 11.1 Å². The summed E-state index contributed by atoms with van der Waals surface area (Å²) >= 11 is 0. The average molecular weight is 352 g/mol. The maximum atomic E-state index is 12.2. The van der Waals surface area contributed by atoms with Gasteiger partial charge in [-0.1, -0.05) is 81.4 Å². The molecule has 0 radical (unpaired) electrons. The van der Waals surface area contributed by atoms with Crippen LogP contribution in [0.2, 0.25) is 0 Å². The first kappa shape index (κ1) is 19.7. The Morgan fingerprint density at radius 3 is 1.81 bits per heavy atom. The van der Waals surface area contributed by atoms with E-state index in [-0.39, 0.29) is 24.2 Å². The Morgan fingerprint density at radius 1 is 0.846 bits per heavy atom. The van der Waals surface area contributed by atoms with Crippen molar-refractivity contribution in [2.24, 2.45) is 5.41 Å². The van der Waals surface area contributed by atoms with E-state index in [1.807, 2.05) is 57.2 Å². The fourth-order valence-electron chi connectivity index (χ4n) is 2.66. The number of carbonyl (C=O) groups excluding carboxylic acids is 2. The van der Waals surface area contributed by atoms with Crippen LogP contribution in [0.15, 0.2) is 60.7 Å². The minimum absolute atomic E-state index is 0.0447. The normalized spacial score (nSPS) is 11.2. The van der Waals surface area contributed by atoms with Gasteiger partial charge in [0.15, 0.2) is 0 Å². The second-order valence-electron chi connectivity index (χ2n) is 7.43. The molecule has 0 aromatic heterocycles. The molecule has 2 amide bonds. The molecule has 4 heteroatoms. The van der Waals surface area contributed by atoms with Gasteiger partial charge in [0.1, 0.15) is 0 Å². The summed E-state index contributed by atoms with van der Waals surface area (Å²) in [5.41, 5.74) is 1.89. The van der Waals surface area contributed by atoms with Gasteiger partial charge in [-0.3, -0.25) is 9.59 Å². The molecule has 0 saturated heterocycles. The van der Waals surface area contributed by atoms with Crippen molar-refractivity contribution in [3.05, 3.63) is 71.8 Å². The van der Waals surface area contributed by atoms with Crippen molar-refractivity contribution in [3.63, 3.8) is 0 Å². The Morgan fingerprint density at radius 2 is 1.35 bits per heavy atom. The molecule has 0 spiro atoms. The standard InChI is InChI=1S/C22H28N2O2/c1-22(2,3)21(26)23-15-14-20(25)24-16-19(17-10-6-4-7-11-17)18-12-8-5-9-13-18/h4-13,19H,14-16H2,1-3H3,(H,23,26)(H,24,25). The summed E-state index contributed by atoms with van der Waals surface area (Å²) in [4.78, 5) is 24.0. The van der Waals surface area contributed by atoms with Crippen LogP contribution in [0.5, 0.6) is 0 Å². The molecule has 0 aliphatic heterocycles. The van der Waals surface area contributed by atoms with Gasteiger partial charge in [0.05, 0.1) is 0 Å². The van der Waals surface area contributed by atoms with Crippen molar-refractivity contribution >= 4 is 11.8 Å². The number of rotatable bonds is 7. The smallest absolute Gasteiger partial charge is 0.225 e. The van der Waals surface area contributed by atoms with Crippen LogP contribution in [0.4, 0.5) is 0 Å². The van der Waals surface area contributed by atoms with Gasteiger partial charge in [-0.15, -0.1) is 0 Å². The van der Waals surface area contributed by atoms with Crippen molar-refractivity contribution in [1.29, 1.82) is 0 Å². The van der Waals surface area contributed by atoms with Crippen molar-refractivity contribution in [2.45, 2.75) is 33.1 Å². The van der Waals surface area contributed by atoms with E-state index < -0.39 is 5.41 Å². The van der Waals surface area contributed by atoms with Gasteiger partial charge < -0.3 is 10.6 Å². The van der Waals surface area contributed by atoms with E-state index >= 15 is 0 Å². The molecule has 2 aromatic carbocycles. The van der Waals surface area contributed by atoms with E-state index in [0.717, 1.165) is 0 Å². The minimum atomic E-state index is -0.442. The SMILES string of the molecule is CC(C)(C)C(=O)NCCC(=O)NCC(c1ccccc1)c1ccccc1. The van der Waals surface area contributed by atoms with Gasteiger partial charge >= 0.3 is 0 Å². The van der Waals surface area contributed by atoms with Crippen LogP contribution < -0.4 is 10.6 Å². The molecule has 2 rings (SSSR count). The third kappa shape index (κ3) is 6.03. The highest BCUT2D eigenvalue weighted by molar-refractivity contribution is 5.82. The lowest BCUT2D eigenvalue weighted by Gasteiger charge is -2.19. The van der Waals surface area contributed by atoms with Gasteiger partial charge in [-0.05, 0) is 11.1 Å². The van der Waals surface area contributed by atoms with E-state index in [4.69, 9.17) is 0 Å². The van der Waals surface area contributed by atoms with Gasteiger partial charge in [0, 0.05) is 30.8 Å². The molecule has 0 aliphatic rings.